The van der Waals surface area contributed by atoms with E-state index in [0.29, 0.717) is 18.5 Å². The Hall–Kier alpha value is -1.94. The zero-order valence-corrected chi connectivity index (χ0v) is 15.9. The van der Waals surface area contributed by atoms with Crippen LogP contribution < -0.4 is 4.72 Å². The molecule has 0 spiro atoms. The van der Waals surface area contributed by atoms with Crippen LogP contribution >= 0.6 is 0 Å². The Morgan fingerprint density at radius 3 is 2.69 bits per heavy atom. The molecule has 2 heterocycles. The molecule has 2 atom stereocenters. The van der Waals surface area contributed by atoms with Gasteiger partial charge in [0.15, 0.2) is 0 Å². The molecule has 1 aliphatic rings. The van der Waals surface area contributed by atoms with E-state index in [0.717, 1.165) is 15.2 Å². The van der Waals surface area contributed by atoms with Gasteiger partial charge in [0.2, 0.25) is 0 Å². The molecule has 1 amide bonds. The first kappa shape index (κ1) is 18.8. The normalized spacial score (nSPS) is 21.5. The number of nitrogens with one attached hydrogen (secondary N) is 1. The Balaban J connectivity index is 1.75. The van der Waals surface area contributed by atoms with Crippen LogP contribution in [0.5, 0.6) is 0 Å². The number of aliphatic hydroxyl groups excluding tert-OH is 1. The predicted octanol–water partition coefficient (Wildman–Crippen LogP) is 0.150. The second-order valence-electron chi connectivity index (χ2n) is 6.78. The first-order valence-corrected chi connectivity index (χ1v) is 9.86. The number of amides is 1. The van der Waals surface area contributed by atoms with Gasteiger partial charge in [-0.2, -0.15) is 17.4 Å². The zero-order chi connectivity index (χ0) is 19.1. The maximum atomic E-state index is 12.9. The van der Waals surface area contributed by atoms with Gasteiger partial charge in [0.1, 0.15) is 0 Å². The monoisotopic (exact) mass is 380 g/mol. The standard InChI is InChI=1S/C17H24N4O4S/c1-19(2)26(24,25)18-14-8-10-21(11-16(14)22)17(23)13-5-4-6-15-12(13)7-9-20(15)3/h4-7,9,14,16,18,22H,8,10-11H2,1-3H3/t14-,16-/m1/s1. The van der Waals surface area contributed by atoms with Gasteiger partial charge in [-0.3, -0.25) is 4.79 Å². The lowest BCUT2D eigenvalue weighted by molar-refractivity contribution is 0.0366. The fraction of sp³-hybridized carbons (Fsp3) is 0.471. The van der Waals surface area contributed by atoms with Gasteiger partial charge in [-0.05, 0) is 24.6 Å². The van der Waals surface area contributed by atoms with E-state index in [1.165, 1.54) is 14.1 Å². The summed E-state index contributed by atoms with van der Waals surface area (Å²) < 4.78 is 29.4. The van der Waals surface area contributed by atoms with Crippen molar-refractivity contribution in [2.24, 2.45) is 7.05 Å². The van der Waals surface area contributed by atoms with Crippen LogP contribution in [0.25, 0.3) is 10.9 Å². The van der Waals surface area contributed by atoms with Crippen LogP contribution in [0.4, 0.5) is 0 Å². The fourth-order valence-electron chi connectivity index (χ4n) is 3.21. The lowest BCUT2D eigenvalue weighted by Crippen LogP contribution is -2.56. The van der Waals surface area contributed by atoms with E-state index in [-0.39, 0.29) is 12.5 Å². The first-order chi connectivity index (χ1) is 12.2. The number of aryl methyl sites for hydroxylation is 1. The highest BCUT2D eigenvalue weighted by molar-refractivity contribution is 7.87. The lowest BCUT2D eigenvalue weighted by Gasteiger charge is -2.36. The average Bonchev–Trinajstić information content (AvgIpc) is 2.97. The Bertz CT molecular complexity index is 922. The molecule has 1 aliphatic heterocycles. The molecule has 8 nitrogen and oxygen atoms in total. The molecule has 1 aromatic heterocycles. The third-order valence-electron chi connectivity index (χ3n) is 4.81. The largest absolute Gasteiger partial charge is 0.390 e. The SMILES string of the molecule is CN(C)S(=O)(=O)N[C@@H]1CCN(C(=O)c2cccc3c2ccn3C)C[C@H]1O. The van der Waals surface area contributed by atoms with Crippen molar-refractivity contribution in [1.29, 1.82) is 0 Å². The zero-order valence-electron chi connectivity index (χ0n) is 15.1. The maximum Gasteiger partial charge on any atom is 0.279 e. The van der Waals surface area contributed by atoms with Crippen molar-refractivity contribution in [3.8, 4) is 0 Å². The molecule has 1 fully saturated rings. The van der Waals surface area contributed by atoms with Crippen molar-refractivity contribution < 1.29 is 18.3 Å². The van der Waals surface area contributed by atoms with Gasteiger partial charge >= 0.3 is 0 Å². The molecule has 1 saturated heterocycles. The first-order valence-electron chi connectivity index (χ1n) is 8.42. The smallest absolute Gasteiger partial charge is 0.279 e. The van der Waals surface area contributed by atoms with Gasteiger partial charge in [-0.25, -0.2) is 0 Å². The number of rotatable bonds is 4. The van der Waals surface area contributed by atoms with Gasteiger partial charge in [0.05, 0.1) is 12.1 Å². The molecule has 0 radical (unpaired) electrons. The molecule has 142 valence electrons. The fourth-order valence-corrected chi connectivity index (χ4v) is 4.08. The van der Waals surface area contributed by atoms with Gasteiger partial charge < -0.3 is 14.6 Å². The summed E-state index contributed by atoms with van der Waals surface area (Å²) in [4.78, 5) is 14.5. The van der Waals surface area contributed by atoms with E-state index in [2.05, 4.69) is 4.72 Å². The van der Waals surface area contributed by atoms with Gasteiger partial charge in [-0.15, -0.1) is 0 Å². The van der Waals surface area contributed by atoms with Crippen LogP contribution in [0.1, 0.15) is 16.8 Å². The Kier molecular flexibility index (Phi) is 5.07. The van der Waals surface area contributed by atoms with Crippen molar-refractivity contribution in [3.63, 3.8) is 0 Å². The number of nitrogens with zero attached hydrogens (tertiary/aromatic N) is 3. The highest BCUT2D eigenvalue weighted by Gasteiger charge is 2.34. The van der Waals surface area contributed by atoms with Crippen LogP contribution in [-0.4, -0.2) is 72.5 Å². The van der Waals surface area contributed by atoms with E-state index in [1.54, 1.807) is 11.0 Å². The summed E-state index contributed by atoms with van der Waals surface area (Å²) in [5, 5.41) is 11.2. The molecule has 0 aliphatic carbocycles. The second-order valence-corrected chi connectivity index (χ2v) is 8.70. The van der Waals surface area contributed by atoms with Crippen molar-refractivity contribution in [2.45, 2.75) is 18.6 Å². The van der Waals surface area contributed by atoms with Crippen LogP contribution in [-0.2, 0) is 17.3 Å². The van der Waals surface area contributed by atoms with Crippen molar-refractivity contribution >= 4 is 27.0 Å². The summed E-state index contributed by atoms with van der Waals surface area (Å²) in [6.07, 6.45) is 1.29. The van der Waals surface area contributed by atoms with E-state index < -0.39 is 22.4 Å². The highest BCUT2D eigenvalue weighted by Crippen LogP contribution is 2.23. The minimum absolute atomic E-state index is 0.0860. The van der Waals surface area contributed by atoms with Gasteiger partial charge in [0.25, 0.3) is 16.1 Å². The minimum atomic E-state index is -3.63. The number of fused-ring (bicyclic) bond motifs is 1. The molecule has 1 aromatic carbocycles. The molecular formula is C17H24N4O4S. The van der Waals surface area contributed by atoms with Crippen LogP contribution in [0.15, 0.2) is 30.5 Å². The Morgan fingerprint density at radius 2 is 2.04 bits per heavy atom. The minimum Gasteiger partial charge on any atom is -0.390 e. The number of β-amino-alcohol motifs (C(OH)–C–C–N with tert-alkyl or cyclic N) is 1. The average molecular weight is 380 g/mol. The summed E-state index contributed by atoms with van der Waals surface area (Å²) in [5.41, 5.74) is 1.55. The molecule has 0 saturated carbocycles. The van der Waals surface area contributed by atoms with Crippen LogP contribution in [0.2, 0.25) is 0 Å². The Labute approximate surface area is 153 Å². The molecule has 3 rings (SSSR count). The number of piperidine rings is 1. The number of aromatic nitrogens is 1. The summed E-state index contributed by atoms with van der Waals surface area (Å²) >= 11 is 0. The van der Waals surface area contributed by atoms with E-state index >= 15 is 0 Å². The number of hydrogen-bond donors (Lipinski definition) is 2. The van der Waals surface area contributed by atoms with E-state index in [9.17, 15) is 18.3 Å². The number of carbonyl (C=O) groups excluding carboxylic acids is 1. The Morgan fingerprint density at radius 1 is 1.31 bits per heavy atom. The predicted molar refractivity (Wildman–Crippen MR) is 99.0 cm³/mol. The van der Waals surface area contributed by atoms with Gasteiger partial charge in [-0.1, -0.05) is 6.07 Å². The summed E-state index contributed by atoms with van der Waals surface area (Å²) in [7, 11) is 1.14. The van der Waals surface area contributed by atoms with E-state index in [4.69, 9.17) is 0 Å². The number of hydrogen-bond acceptors (Lipinski definition) is 4. The molecule has 0 unspecified atom stereocenters. The summed E-state index contributed by atoms with van der Waals surface area (Å²) in [6.45, 7) is 0.461. The van der Waals surface area contributed by atoms with Crippen LogP contribution in [0.3, 0.4) is 0 Å². The van der Waals surface area contributed by atoms with Crippen molar-refractivity contribution in [2.75, 3.05) is 27.2 Å². The topological polar surface area (TPSA) is 94.9 Å². The second kappa shape index (κ2) is 6.99. The summed E-state index contributed by atoms with van der Waals surface area (Å²) in [6, 6.07) is 6.85. The molecular weight excluding hydrogens is 356 g/mol. The number of aliphatic hydroxyl groups is 1. The maximum absolute atomic E-state index is 12.9. The number of likely N-dealkylation sites (tertiary alicyclic amines) is 1. The van der Waals surface area contributed by atoms with Crippen molar-refractivity contribution in [3.05, 3.63) is 36.0 Å². The van der Waals surface area contributed by atoms with Gasteiger partial charge in [0, 0.05) is 56.9 Å². The summed E-state index contributed by atoms with van der Waals surface area (Å²) in [5.74, 6) is -0.158. The molecule has 9 heteroatoms. The molecule has 2 aromatic rings. The molecule has 0 bridgehead atoms. The lowest BCUT2D eigenvalue weighted by atomic mass is 10.0. The molecule has 26 heavy (non-hydrogen) atoms. The van der Waals surface area contributed by atoms with E-state index in [1.807, 2.05) is 36.0 Å². The number of benzene rings is 1. The quantitative estimate of drug-likeness (QED) is 0.789. The van der Waals surface area contributed by atoms with Crippen molar-refractivity contribution in [1.82, 2.24) is 18.5 Å². The third kappa shape index (κ3) is 3.48. The highest BCUT2D eigenvalue weighted by atomic mass is 32.2. The number of carbonyl (C=O) groups is 1. The van der Waals surface area contributed by atoms with Crippen LogP contribution in [0, 0.1) is 0 Å². The third-order valence-corrected chi connectivity index (χ3v) is 6.37. The molecule has 2 N–H and O–H groups in total.